The Morgan fingerprint density at radius 3 is 2.29 bits per heavy atom. The van der Waals surface area contributed by atoms with Crippen LogP contribution in [0.1, 0.15) is 18.1 Å². The Morgan fingerprint density at radius 2 is 1.66 bits per heavy atom. The molecule has 0 aliphatic carbocycles. The highest BCUT2D eigenvalue weighted by molar-refractivity contribution is 7.92. The standard InChI is InChI=1S/C26H29ClN2O5S/c1-4-33-23-10-8-22(9-11-23)29(35(31,32)24-12-6-21(27)7-13-24)18-26(30)28-15-16-34-25-14-5-19(2)17-20(25)3/h5-14,17H,4,15-16,18H2,1-3H3,(H,28,30). The number of sulfonamides is 1. The molecular weight excluding hydrogens is 488 g/mol. The summed E-state index contributed by atoms with van der Waals surface area (Å²) in [6.07, 6.45) is 0. The number of hydrogen-bond donors (Lipinski definition) is 1. The number of ether oxygens (including phenoxy) is 2. The van der Waals surface area contributed by atoms with E-state index in [2.05, 4.69) is 5.32 Å². The Morgan fingerprint density at radius 1 is 0.971 bits per heavy atom. The molecule has 0 bridgehead atoms. The minimum absolute atomic E-state index is 0.0294. The second kappa shape index (κ2) is 12.0. The van der Waals surface area contributed by atoms with E-state index in [9.17, 15) is 13.2 Å². The van der Waals surface area contributed by atoms with Gasteiger partial charge in [-0.15, -0.1) is 0 Å². The maximum atomic E-state index is 13.4. The highest BCUT2D eigenvalue weighted by Crippen LogP contribution is 2.26. The summed E-state index contributed by atoms with van der Waals surface area (Å²) in [6.45, 7) is 6.38. The third-order valence-electron chi connectivity index (χ3n) is 5.14. The molecule has 3 aromatic rings. The number of carbonyl (C=O) groups is 1. The zero-order valence-electron chi connectivity index (χ0n) is 20.0. The minimum Gasteiger partial charge on any atom is -0.494 e. The van der Waals surface area contributed by atoms with Crippen molar-refractivity contribution in [3.05, 3.63) is 82.9 Å². The second-order valence-electron chi connectivity index (χ2n) is 7.86. The van der Waals surface area contributed by atoms with Crippen LogP contribution in [0.5, 0.6) is 11.5 Å². The first kappa shape index (κ1) is 26.4. The fraction of sp³-hybridized carbons (Fsp3) is 0.269. The Kier molecular flexibility index (Phi) is 9.01. The number of benzene rings is 3. The lowest BCUT2D eigenvalue weighted by atomic mass is 10.1. The number of halogens is 1. The van der Waals surface area contributed by atoms with Crippen LogP contribution >= 0.6 is 11.6 Å². The lowest BCUT2D eigenvalue weighted by Crippen LogP contribution is -2.41. The van der Waals surface area contributed by atoms with Gasteiger partial charge in [0.25, 0.3) is 10.0 Å². The Balaban J connectivity index is 1.72. The van der Waals surface area contributed by atoms with Crippen LogP contribution in [-0.2, 0) is 14.8 Å². The molecule has 0 unspecified atom stereocenters. The van der Waals surface area contributed by atoms with E-state index in [1.54, 1.807) is 24.3 Å². The predicted octanol–water partition coefficient (Wildman–Crippen LogP) is 4.75. The van der Waals surface area contributed by atoms with Gasteiger partial charge < -0.3 is 14.8 Å². The molecule has 7 nitrogen and oxygen atoms in total. The molecule has 0 heterocycles. The van der Waals surface area contributed by atoms with Gasteiger partial charge in [0.05, 0.1) is 23.7 Å². The lowest BCUT2D eigenvalue weighted by Gasteiger charge is -2.24. The molecule has 0 fully saturated rings. The van der Waals surface area contributed by atoms with Gasteiger partial charge in [0.2, 0.25) is 5.91 Å². The molecule has 0 spiro atoms. The third kappa shape index (κ3) is 7.13. The summed E-state index contributed by atoms with van der Waals surface area (Å²) in [6, 6.07) is 18.2. The van der Waals surface area contributed by atoms with Crippen molar-refractivity contribution in [1.82, 2.24) is 5.32 Å². The van der Waals surface area contributed by atoms with Gasteiger partial charge in [0.1, 0.15) is 24.7 Å². The average Bonchev–Trinajstić information content (AvgIpc) is 2.82. The summed E-state index contributed by atoms with van der Waals surface area (Å²) < 4.78 is 39.1. The average molecular weight is 517 g/mol. The van der Waals surface area contributed by atoms with Crippen molar-refractivity contribution in [2.75, 3.05) is 30.6 Å². The quantitative estimate of drug-likeness (QED) is 0.372. The third-order valence-corrected chi connectivity index (χ3v) is 7.18. The van der Waals surface area contributed by atoms with Gasteiger partial charge in [0, 0.05) is 5.02 Å². The van der Waals surface area contributed by atoms with E-state index >= 15 is 0 Å². The van der Waals surface area contributed by atoms with E-state index < -0.39 is 22.5 Å². The fourth-order valence-corrected chi connectivity index (χ4v) is 4.97. The first-order valence-corrected chi connectivity index (χ1v) is 13.0. The van der Waals surface area contributed by atoms with Gasteiger partial charge in [-0.3, -0.25) is 9.10 Å². The van der Waals surface area contributed by atoms with E-state index in [1.807, 2.05) is 39.0 Å². The van der Waals surface area contributed by atoms with Crippen LogP contribution in [0, 0.1) is 13.8 Å². The Labute approximate surface area is 211 Å². The summed E-state index contributed by atoms with van der Waals surface area (Å²) in [7, 11) is -4.03. The fourth-order valence-electron chi connectivity index (χ4n) is 3.42. The summed E-state index contributed by atoms with van der Waals surface area (Å²) >= 11 is 5.92. The van der Waals surface area contributed by atoms with E-state index in [1.165, 1.54) is 24.3 Å². The molecule has 9 heteroatoms. The summed E-state index contributed by atoms with van der Waals surface area (Å²) in [5, 5.41) is 3.15. The number of carbonyl (C=O) groups excluding carboxylic acids is 1. The number of nitrogens with zero attached hydrogens (tertiary/aromatic N) is 1. The largest absolute Gasteiger partial charge is 0.494 e. The molecule has 0 aliphatic rings. The predicted molar refractivity (Wildman–Crippen MR) is 138 cm³/mol. The number of nitrogens with one attached hydrogen (secondary N) is 1. The highest BCUT2D eigenvalue weighted by Gasteiger charge is 2.27. The highest BCUT2D eigenvalue weighted by atomic mass is 35.5. The molecule has 1 amide bonds. The summed E-state index contributed by atoms with van der Waals surface area (Å²) in [4.78, 5) is 12.8. The smallest absolute Gasteiger partial charge is 0.264 e. The summed E-state index contributed by atoms with van der Waals surface area (Å²) in [5.41, 5.74) is 2.48. The van der Waals surface area contributed by atoms with Gasteiger partial charge in [-0.1, -0.05) is 29.3 Å². The van der Waals surface area contributed by atoms with Crippen molar-refractivity contribution in [1.29, 1.82) is 0 Å². The van der Waals surface area contributed by atoms with Gasteiger partial charge in [0.15, 0.2) is 0 Å². The Bertz CT molecular complexity index is 1250. The van der Waals surface area contributed by atoms with Crippen molar-refractivity contribution in [2.45, 2.75) is 25.7 Å². The van der Waals surface area contributed by atoms with Gasteiger partial charge >= 0.3 is 0 Å². The Hall–Kier alpha value is -3.23. The number of amides is 1. The number of aryl methyl sites for hydroxylation is 2. The lowest BCUT2D eigenvalue weighted by molar-refractivity contribution is -0.119. The zero-order chi connectivity index (χ0) is 25.4. The molecular formula is C26H29ClN2O5S. The van der Waals surface area contributed by atoms with Crippen LogP contribution in [0.2, 0.25) is 5.02 Å². The number of hydrogen-bond acceptors (Lipinski definition) is 5. The van der Waals surface area contributed by atoms with Crippen molar-refractivity contribution in [3.63, 3.8) is 0 Å². The van der Waals surface area contributed by atoms with Gasteiger partial charge in [-0.05, 0) is 80.9 Å². The van der Waals surface area contributed by atoms with Crippen molar-refractivity contribution >= 4 is 33.2 Å². The molecule has 0 aromatic heterocycles. The van der Waals surface area contributed by atoms with Crippen molar-refractivity contribution in [3.8, 4) is 11.5 Å². The normalized spacial score (nSPS) is 11.1. The van der Waals surface area contributed by atoms with Crippen LogP contribution < -0.4 is 19.1 Å². The van der Waals surface area contributed by atoms with Crippen LogP contribution in [0.3, 0.4) is 0 Å². The molecule has 186 valence electrons. The van der Waals surface area contributed by atoms with Crippen molar-refractivity contribution < 1.29 is 22.7 Å². The van der Waals surface area contributed by atoms with E-state index in [4.69, 9.17) is 21.1 Å². The topological polar surface area (TPSA) is 84.9 Å². The van der Waals surface area contributed by atoms with Crippen LogP contribution in [0.4, 0.5) is 5.69 Å². The molecule has 35 heavy (non-hydrogen) atoms. The number of rotatable bonds is 11. The molecule has 0 saturated heterocycles. The maximum Gasteiger partial charge on any atom is 0.264 e. The molecule has 0 atom stereocenters. The molecule has 1 N–H and O–H groups in total. The molecule has 0 radical (unpaired) electrons. The maximum absolute atomic E-state index is 13.4. The monoisotopic (exact) mass is 516 g/mol. The van der Waals surface area contributed by atoms with Gasteiger partial charge in [-0.2, -0.15) is 0 Å². The zero-order valence-corrected chi connectivity index (χ0v) is 21.5. The number of anilines is 1. The van der Waals surface area contributed by atoms with Crippen LogP contribution in [-0.4, -0.2) is 40.6 Å². The van der Waals surface area contributed by atoms with E-state index in [0.29, 0.717) is 23.1 Å². The first-order chi connectivity index (χ1) is 16.7. The molecule has 0 saturated carbocycles. The SMILES string of the molecule is CCOc1ccc(N(CC(=O)NCCOc2ccc(C)cc2C)S(=O)(=O)c2ccc(Cl)cc2)cc1. The van der Waals surface area contributed by atoms with Crippen molar-refractivity contribution in [2.24, 2.45) is 0 Å². The molecule has 0 aliphatic heterocycles. The first-order valence-electron chi connectivity index (χ1n) is 11.2. The van der Waals surface area contributed by atoms with E-state index in [0.717, 1.165) is 21.2 Å². The van der Waals surface area contributed by atoms with Crippen LogP contribution in [0.25, 0.3) is 0 Å². The van der Waals surface area contributed by atoms with E-state index in [-0.39, 0.29) is 18.0 Å². The minimum atomic E-state index is -4.03. The van der Waals surface area contributed by atoms with Crippen LogP contribution in [0.15, 0.2) is 71.6 Å². The molecule has 3 aromatic carbocycles. The summed E-state index contributed by atoms with van der Waals surface area (Å²) in [5.74, 6) is 0.889. The van der Waals surface area contributed by atoms with Gasteiger partial charge in [-0.25, -0.2) is 8.42 Å². The molecule has 3 rings (SSSR count). The second-order valence-corrected chi connectivity index (χ2v) is 10.2.